The minimum absolute atomic E-state index is 0.0408. The second-order valence-corrected chi connectivity index (χ2v) is 5.19. The molecule has 2 aromatic rings. The van der Waals surface area contributed by atoms with Gasteiger partial charge in [0.2, 0.25) is 0 Å². The van der Waals surface area contributed by atoms with Crippen molar-refractivity contribution in [3.8, 4) is 0 Å². The maximum Gasteiger partial charge on any atom is 0.276 e. The van der Waals surface area contributed by atoms with Gasteiger partial charge in [-0.3, -0.25) is 4.79 Å². The molecule has 0 aromatic carbocycles. The lowest BCUT2D eigenvalue weighted by atomic mass is 9.92. The number of hydrogen-bond donors (Lipinski definition) is 1. The molecule has 0 radical (unpaired) electrons. The van der Waals surface area contributed by atoms with E-state index in [0.29, 0.717) is 18.6 Å². The standard InChI is InChI=1S/C12H18N4O/c1-12(2,3)10-8-9-11(17)15(5-4-13)6-7-16(9)14-10/h6-8H,4-5,13H2,1-3H3. The van der Waals surface area contributed by atoms with Gasteiger partial charge in [-0.1, -0.05) is 20.8 Å². The summed E-state index contributed by atoms with van der Waals surface area (Å²) in [7, 11) is 0. The minimum atomic E-state index is -0.0584. The van der Waals surface area contributed by atoms with Gasteiger partial charge in [-0.2, -0.15) is 5.10 Å². The number of hydrogen-bond acceptors (Lipinski definition) is 3. The Bertz CT molecular complexity index is 589. The van der Waals surface area contributed by atoms with E-state index >= 15 is 0 Å². The van der Waals surface area contributed by atoms with Gasteiger partial charge in [0.1, 0.15) is 5.52 Å². The molecule has 5 nitrogen and oxygen atoms in total. The molecule has 0 amide bonds. The van der Waals surface area contributed by atoms with Crippen LogP contribution in [0.2, 0.25) is 0 Å². The second-order valence-electron chi connectivity index (χ2n) is 5.19. The van der Waals surface area contributed by atoms with Gasteiger partial charge in [-0.15, -0.1) is 0 Å². The zero-order valence-corrected chi connectivity index (χ0v) is 10.5. The molecule has 0 atom stereocenters. The van der Waals surface area contributed by atoms with Gasteiger partial charge in [0.15, 0.2) is 0 Å². The van der Waals surface area contributed by atoms with Crippen LogP contribution in [0.25, 0.3) is 5.52 Å². The van der Waals surface area contributed by atoms with Crippen molar-refractivity contribution in [2.45, 2.75) is 32.7 Å². The van der Waals surface area contributed by atoms with E-state index in [4.69, 9.17) is 5.73 Å². The summed E-state index contributed by atoms with van der Waals surface area (Å²) in [6.07, 6.45) is 3.52. The maximum atomic E-state index is 12.1. The Kier molecular flexibility index (Phi) is 2.79. The van der Waals surface area contributed by atoms with Crippen LogP contribution in [-0.2, 0) is 12.0 Å². The molecule has 0 spiro atoms. The van der Waals surface area contributed by atoms with Crippen LogP contribution >= 0.6 is 0 Å². The van der Waals surface area contributed by atoms with E-state index in [1.807, 2.05) is 6.07 Å². The average molecular weight is 234 g/mol. The molecule has 2 N–H and O–H groups in total. The van der Waals surface area contributed by atoms with Gasteiger partial charge in [-0.25, -0.2) is 4.52 Å². The van der Waals surface area contributed by atoms with Crippen molar-refractivity contribution in [2.24, 2.45) is 5.73 Å². The number of aromatic nitrogens is 3. The topological polar surface area (TPSA) is 65.3 Å². The lowest BCUT2D eigenvalue weighted by Gasteiger charge is -2.13. The summed E-state index contributed by atoms with van der Waals surface area (Å²) in [6.45, 7) is 7.22. The zero-order chi connectivity index (χ0) is 12.6. The van der Waals surface area contributed by atoms with Crippen LogP contribution in [0.5, 0.6) is 0 Å². The molecule has 92 valence electrons. The van der Waals surface area contributed by atoms with E-state index in [1.165, 1.54) is 0 Å². The molecule has 0 aliphatic heterocycles. The fourth-order valence-corrected chi connectivity index (χ4v) is 1.71. The van der Waals surface area contributed by atoms with Gasteiger partial charge < -0.3 is 10.3 Å². The van der Waals surface area contributed by atoms with Crippen LogP contribution < -0.4 is 11.3 Å². The first-order chi connectivity index (χ1) is 7.93. The van der Waals surface area contributed by atoms with Crippen LogP contribution in [0.1, 0.15) is 26.5 Å². The third-order valence-corrected chi connectivity index (χ3v) is 2.74. The highest BCUT2D eigenvalue weighted by atomic mass is 16.1. The second kappa shape index (κ2) is 4.00. The van der Waals surface area contributed by atoms with Crippen molar-refractivity contribution in [2.75, 3.05) is 6.54 Å². The normalized spacial score (nSPS) is 12.2. The van der Waals surface area contributed by atoms with Crippen LogP contribution in [0, 0.1) is 0 Å². The van der Waals surface area contributed by atoms with E-state index < -0.39 is 0 Å². The maximum absolute atomic E-state index is 12.1. The number of rotatable bonds is 2. The molecular formula is C12H18N4O. The third kappa shape index (κ3) is 2.10. The molecule has 17 heavy (non-hydrogen) atoms. The van der Waals surface area contributed by atoms with Gasteiger partial charge in [0.05, 0.1) is 5.69 Å². The largest absolute Gasteiger partial charge is 0.329 e. The van der Waals surface area contributed by atoms with Crippen molar-refractivity contribution >= 4 is 5.52 Å². The number of fused-ring (bicyclic) bond motifs is 1. The van der Waals surface area contributed by atoms with Crippen molar-refractivity contribution in [1.29, 1.82) is 0 Å². The molecule has 2 rings (SSSR count). The molecule has 0 unspecified atom stereocenters. The highest BCUT2D eigenvalue weighted by Gasteiger charge is 2.18. The van der Waals surface area contributed by atoms with E-state index in [1.54, 1.807) is 21.5 Å². The van der Waals surface area contributed by atoms with Crippen LogP contribution in [0.4, 0.5) is 0 Å². The fourth-order valence-electron chi connectivity index (χ4n) is 1.71. The average Bonchev–Trinajstić information content (AvgIpc) is 2.66. The summed E-state index contributed by atoms with van der Waals surface area (Å²) < 4.78 is 3.25. The highest BCUT2D eigenvalue weighted by Crippen LogP contribution is 2.20. The van der Waals surface area contributed by atoms with E-state index in [9.17, 15) is 4.79 Å². The quantitative estimate of drug-likeness (QED) is 0.834. The molecule has 2 aromatic heterocycles. The lowest BCUT2D eigenvalue weighted by molar-refractivity contribution is 0.562. The first-order valence-corrected chi connectivity index (χ1v) is 5.73. The highest BCUT2D eigenvalue weighted by molar-refractivity contribution is 5.46. The van der Waals surface area contributed by atoms with Crippen molar-refractivity contribution in [3.63, 3.8) is 0 Å². The first-order valence-electron chi connectivity index (χ1n) is 5.73. The third-order valence-electron chi connectivity index (χ3n) is 2.74. The molecule has 0 bridgehead atoms. The van der Waals surface area contributed by atoms with E-state index in [0.717, 1.165) is 5.69 Å². The van der Waals surface area contributed by atoms with Crippen LogP contribution in [-0.4, -0.2) is 20.7 Å². The monoisotopic (exact) mass is 234 g/mol. The zero-order valence-electron chi connectivity index (χ0n) is 10.5. The molecule has 0 aliphatic rings. The Morgan fingerprint density at radius 3 is 2.65 bits per heavy atom. The SMILES string of the molecule is CC(C)(C)c1cc2c(=O)n(CCN)ccn2n1. The molecule has 0 saturated heterocycles. The molecule has 0 saturated carbocycles. The van der Waals surface area contributed by atoms with Crippen LogP contribution in [0.3, 0.4) is 0 Å². The van der Waals surface area contributed by atoms with Crippen molar-refractivity contribution in [3.05, 3.63) is 34.5 Å². The van der Waals surface area contributed by atoms with Gasteiger partial charge in [0.25, 0.3) is 5.56 Å². The molecule has 0 aliphatic carbocycles. The fraction of sp³-hybridized carbons (Fsp3) is 0.500. The summed E-state index contributed by atoms with van der Waals surface area (Å²) >= 11 is 0. The van der Waals surface area contributed by atoms with E-state index in [-0.39, 0.29) is 11.0 Å². The van der Waals surface area contributed by atoms with Crippen LogP contribution in [0.15, 0.2) is 23.3 Å². The van der Waals surface area contributed by atoms with Crippen molar-refractivity contribution in [1.82, 2.24) is 14.2 Å². The molecule has 0 fully saturated rings. The summed E-state index contributed by atoms with van der Waals surface area (Å²) in [5, 5.41) is 4.42. The van der Waals surface area contributed by atoms with Gasteiger partial charge in [-0.05, 0) is 6.07 Å². The first kappa shape index (κ1) is 11.9. The minimum Gasteiger partial charge on any atom is -0.329 e. The Morgan fingerprint density at radius 2 is 2.06 bits per heavy atom. The van der Waals surface area contributed by atoms with Gasteiger partial charge in [0, 0.05) is 30.9 Å². The molecular weight excluding hydrogens is 216 g/mol. The summed E-state index contributed by atoms with van der Waals surface area (Å²) in [6, 6.07) is 1.86. The Labute approximate surface area is 99.9 Å². The van der Waals surface area contributed by atoms with Crippen molar-refractivity contribution < 1.29 is 0 Å². The summed E-state index contributed by atoms with van der Waals surface area (Å²) in [4.78, 5) is 12.1. The Hall–Kier alpha value is -1.62. The number of nitrogens with two attached hydrogens (primary N) is 1. The smallest absolute Gasteiger partial charge is 0.276 e. The summed E-state index contributed by atoms with van der Waals surface area (Å²) in [5.74, 6) is 0. The van der Waals surface area contributed by atoms with Gasteiger partial charge >= 0.3 is 0 Å². The Balaban J connectivity index is 2.62. The number of nitrogens with zero attached hydrogens (tertiary/aromatic N) is 3. The molecule has 2 heterocycles. The Morgan fingerprint density at radius 1 is 1.35 bits per heavy atom. The summed E-state index contributed by atoms with van der Waals surface area (Å²) in [5.41, 5.74) is 6.89. The predicted molar refractivity (Wildman–Crippen MR) is 67.2 cm³/mol. The molecule has 5 heteroatoms. The lowest BCUT2D eigenvalue weighted by Crippen LogP contribution is -2.24. The predicted octanol–water partition coefficient (Wildman–Crippen LogP) is 0.752. The van der Waals surface area contributed by atoms with E-state index in [2.05, 4.69) is 25.9 Å².